The number of benzene rings is 1. The number of carboxylic acid groups (broad SMARTS) is 1. The third-order valence-corrected chi connectivity index (χ3v) is 3.71. The summed E-state index contributed by atoms with van der Waals surface area (Å²) in [6.45, 7) is 3.76. The van der Waals surface area contributed by atoms with Crippen LogP contribution in [-0.4, -0.2) is 35.8 Å². The van der Waals surface area contributed by atoms with Gasteiger partial charge in [-0.2, -0.15) is 0 Å². The Labute approximate surface area is 133 Å². The Morgan fingerprint density at radius 3 is 2.83 bits per heavy atom. The second-order valence-corrected chi connectivity index (χ2v) is 5.64. The van der Waals surface area contributed by atoms with Gasteiger partial charge >= 0.3 is 5.97 Å². The predicted octanol–water partition coefficient (Wildman–Crippen LogP) is 2.43. The summed E-state index contributed by atoms with van der Waals surface area (Å²) in [6, 6.07) is 3.90. The van der Waals surface area contributed by atoms with E-state index in [1.165, 1.54) is 19.1 Å². The lowest BCUT2D eigenvalue weighted by Crippen LogP contribution is -2.32. The third kappa shape index (κ3) is 4.66. The Morgan fingerprint density at radius 2 is 2.22 bits per heavy atom. The van der Waals surface area contributed by atoms with Crippen molar-refractivity contribution in [3.63, 3.8) is 0 Å². The van der Waals surface area contributed by atoms with Crippen molar-refractivity contribution in [1.82, 2.24) is 0 Å². The predicted molar refractivity (Wildman–Crippen MR) is 80.9 cm³/mol. The van der Waals surface area contributed by atoms with Crippen LogP contribution in [-0.2, 0) is 14.3 Å². The molecule has 0 aliphatic carbocycles. The fourth-order valence-electron chi connectivity index (χ4n) is 2.40. The number of amides is 1. The largest absolute Gasteiger partial charge is 0.479 e. The van der Waals surface area contributed by atoms with Crippen LogP contribution in [0.15, 0.2) is 18.2 Å². The van der Waals surface area contributed by atoms with Gasteiger partial charge in [-0.1, -0.05) is 0 Å². The van der Waals surface area contributed by atoms with Gasteiger partial charge < -0.3 is 19.9 Å². The SMILES string of the molecule is CC1CC(C(=O)Nc2ccc(OC(C)C(=O)O)c(F)c2)CCO1. The molecule has 0 radical (unpaired) electrons. The maximum absolute atomic E-state index is 13.9. The number of rotatable bonds is 5. The van der Waals surface area contributed by atoms with Gasteiger partial charge in [0.25, 0.3) is 0 Å². The van der Waals surface area contributed by atoms with E-state index in [0.717, 1.165) is 6.07 Å². The molecule has 1 fully saturated rings. The molecule has 1 amide bonds. The van der Waals surface area contributed by atoms with Crippen LogP contribution >= 0.6 is 0 Å². The van der Waals surface area contributed by atoms with Crippen molar-refractivity contribution in [1.29, 1.82) is 0 Å². The molecule has 1 aliphatic heterocycles. The molecule has 3 atom stereocenters. The summed E-state index contributed by atoms with van der Waals surface area (Å²) in [4.78, 5) is 22.9. The standard InChI is InChI=1S/C16H20FNO5/c1-9-7-11(5-6-22-9)15(19)18-12-3-4-14(13(17)8-12)23-10(2)16(20)21/h3-4,8-11H,5-7H2,1-2H3,(H,18,19)(H,20,21). The van der Waals surface area contributed by atoms with E-state index in [2.05, 4.69) is 5.32 Å². The van der Waals surface area contributed by atoms with Gasteiger partial charge in [-0.05, 0) is 38.8 Å². The molecule has 2 rings (SSSR count). The summed E-state index contributed by atoms with van der Waals surface area (Å²) >= 11 is 0. The van der Waals surface area contributed by atoms with Crippen LogP contribution in [0.3, 0.4) is 0 Å². The van der Waals surface area contributed by atoms with Crippen LogP contribution in [0, 0.1) is 11.7 Å². The first-order valence-corrected chi connectivity index (χ1v) is 7.48. The van der Waals surface area contributed by atoms with Gasteiger partial charge in [0.05, 0.1) is 6.10 Å². The minimum atomic E-state index is -1.18. The zero-order chi connectivity index (χ0) is 17.0. The Balaban J connectivity index is 1.99. The zero-order valence-corrected chi connectivity index (χ0v) is 13.0. The molecule has 0 spiro atoms. The Kier molecular flexibility index (Phi) is 5.54. The van der Waals surface area contributed by atoms with Crippen LogP contribution < -0.4 is 10.1 Å². The average Bonchev–Trinajstić information content (AvgIpc) is 2.49. The van der Waals surface area contributed by atoms with Crippen molar-refractivity contribution in [3.05, 3.63) is 24.0 Å². The van der Waals surface area contributed by atoms with Gasteiger partial charge in [0.15, 0.2) is 17.7 Å². The Morgan fingerprint density at radius 1 is 1.48 bits per heavy atom. The van der Waals surface area contributed by atoms with Crippen molar-refractivity contribution in [2.45, 2.75) is 38.9 Å². The van der Waals surface area contributed by atoms with Gasteiger partial charge in [0, 0.05) is 24.3 Å². The number of anilines is 1. The molecule has 1 aromatic rings. The fourth-order valence-corrected chi connectivity index (χ4v) is 2.40. The van der Waals surface area contributed by atoms with E-state index in [1.807, 2.05) is 6.92 Å². The fraction of sp³-hybridized carbons (Fsp3) is 0.500. The smallest absolute Gasteiger partial charge is 0.344 e. The first-order chi connectivity index (χ1) is 10.9. The Hall–Kier alpha value is -2.15. The molecule has 6 nitrogen and oxygen atoms in total. The zero-order valence-electron chi connectivity index (χ0n) is 13.0. The van der Waals surface area contributed by atoms with E-state index in [-0.39, 0.29) is 23.7 Å². The number of hydrogen-bond donors (Lipinski definition) is 2. The van der Waals surface area contributed by atoms with Gasteiger partial charge in [-0.15, -0.1) is 0 Å². The quantitative estimate of drug-likeness (QED) is 0.868. The lowest BCUT2D eigenvalue weighted by Gasteiger charge is -2.26. The summed E-state index contributed by atoms with van der Waals surface area (Å²) in [5, 5.41) is 11.4. The number of hydrogen-bond acceptors (Lipinski definition) is 4. The molecule has 1 heterocycles. The number of carbonyl (C=O) groups is 2. The summed E-state index contributed by atoms with van der Waals surface area (Å²) in [5.41, 5.74) is 0.307. The molecule has 126 valence electrons. The van der Waals surface area contributed by atoms with E-state index in [4.69, 9.17) is 14.6 Å². The average molecular weight is 325 g/mol. The second kappa shape index (κ2) is 7.41. The minimum Gasteiger partial charge on any atom is -0.479 e. The molecule has 1 saturated heterocycles. The molecule has 23 heavy (non-hydrogen) atoms. The van der Waals surface area contributed by atoms with E-state index in [1.54, 1.807) is 0 Å². The first-order valence-electron chi connectivity index (χ1n) is 7.48. The van der Waals surface area contributed by atoms with Gasteiger partial charge in [0.1, 0.15) is 0 Å². The molecule has 0 saturated carbocycles. The molecule has 3 unspecified atom stereocenters. The highest BCUT2D eigenvalue weighted by Gasteiger charge is 2.25. The van der Waals surface area contributed by atoms with E-state index < -0.39 is 17.9 Å². The summed E-state index contributed by atoms with van der Waals surface area (Å²) < 4.78 is 24.3. The first kappa shape index (κ1) is 17.2. The van der Waals surface area contributed by atoms with Crippen LogP contribution in [0.2, 0.25) is 0 Å². The van der Waals surface area contributed by atoms with Crippen molar-refractivity contribution in [2.24, 2.45) is 5.92 Å². The highest BCUT2D eigenvalue weighted by Crippen LogP contribution is 2.25. The molecule has 2 N–H and O–H groups in total. The molecule has 1 aliphatic rings. The summed E-state index contributed by atoms with van der Waals surface area (Å²) in [6.07, 6.45) is 0.139. The van der Waals surface area contributed by atoms with E-state index >= 15 is 0 Å². The number of halogens is 1. The second-order valence-electron chi connectivity index (χ2n) is 5.64. The van der Waals surface area contributed by atoms with Crippen molar-refractivity contribution >= 4 is 17.6 Å². The summed E-state index contributed by atoms with van der Waals surface area (Å²) in [5.74, 6) is -2.42. The number of carbonyl (C=O) groups excluding carboxylic acids is 1. The highest BCUT2D eigenvalue weighted by atomic mass is 19.1. The third-order valence-electron chi connectivity index (χ3n) is 3.71. The van der Waals surface area contributed by atoms with Gasteiger partial charge in [0.2, 0.25) is 5.91 Å². The number of carboxylic acids is 1. The maximum Gasteiger partial charge on any atom is 0.344 e. The van der Waals surface area contributed by atoms with E-state index in [9.17, 15) is 14.0 Å². The van der Waals surface area contributed by atoms with Crippen LogP contribution in [0.4, 0.5) is 10.1 Å². The topological polar surface area (TPSA) is 84.9 Å². The van der Waals surface area contributed by atoms with Crippen LogP contribution in [0.5, 0.6) is 5.75 Å². The molecule has 0 aromatic heterocycles. The lowest BCUT2D eigenvalue weighted by atomic mass is 9.95. The molecule has 1 aromatic carbocycles. The van der Waals surface area contributed by atoms with Crippen LogP contribution in [0.1, 0.15) is 26.7 Å². The minimum absolute atomic E-state index is 0.0320. The molecule has 0 bridgehead atoms. The number of ether oxygens (including phenoxy) is 2. The molecule has 7 heteroatoms. The number of nitrogens with one attached hydrogen (secondary N) is 1. The van der Waals surface area contributed by atoms with Crippen molar-refractivity contribution in [2.75, 3.05) is 11.9 Å². The monoisotopic (exact) mass is 325 g/mol. The van der Waals surface area contributed by atoms with E-state index in [0.29, 0.717) is 25.1 Å². The number of aliphatic carboxylic acids is 1. The van der Waals surface area contributed by atoms with Crippen LogP contribution in [0.25, 0.3) is 0 Å². The summed E-state index contributed by atoms with van der Waals surface area (Å²) in [7, 11) is 0. The maximum atomic E-state index is 13.9. The van der Waals surface area contributed by atoms with Crippen molar-refractivity contribution < 1.29 is 28.6 Å². The molecular formula is C16H20FNO5. The normalized spacial score (nSPS) is 22.2. The highest BCUT2D eigenvalue weighted by molar-refractivity contribution is 5.92. The van der Waals surface area contributed by atoms with Gasteiger partial charge in [-0.25, -0.2) is 9.18 Å². The van der Waals surface area contributed by atoms with Crippen molar-refractivity contribution in [3.8, 4) is 5.75 Å². The lowest BCUT2D eigenvalue weighted by molar-refractivity contribution is -0.144. The molecular weight excluding hydrogens is 305 g/mol. The van der Waals surface area contributed by atoms with Gasteiger partial charge in [-0.3, -0.25) is 4.79 Å². The Bertz CT molecular complexity index is 592.